The summed E-state index contributed by atoms with van der Waals surface area (Å²) < 4.78 is 1.72. The van der Waals surface area contributed by atoms with Crippen LogP contribution in [0.1, 0.15) is 42.4 Å². The van der Waals surface area contributed by atoms with E-state index in [4.69, 9.17) is 0 Å². The second kappa shape index (κ2) is 5.24. The van der Waals surface area contributed by atoms with Gasteiger partial charge in [-0.25, -0.2) is 0 Å². The summed E-state index contributed by atoms with van der Waals surface area (Å²) in [6.07, 6.45) is 9.99. The van der Waals surface area contributed by atoms with Crippen LogP contribution >= 0.6 is 0 Å². The van der Waals surface area contributed by atoms with Crippen LogP contribution in [0.4, 0.5) is 0 Å². The molecule has 0 atom stereocenters. The Morgan fingerprint density at radius 1 is 1.13 bits per heavy atom. The number of hydrogen-bond donors (Lipinski definition) is 0. The van der Waals surface area contributed by atoms with E-state index >= 15 is 0 Å². The highest BCUT2D eigenvalue weighted by molar-refractivity contribution is 5.72. The molecule has 0 saturated heterocycles. The van der Waals surface area contributed by atoms with Crippen LogP contribution in [-0.2, 0) is 6.42 Å². The van der Waals surface area contributed by atoms with Gasteiger partial charge >= 0.3 is 0 Å². The minimum absolute atomic E-state index is 0.0258. The summed E-state index contributed by atoms with van der Waals surface area (Å²) >= 11 is 0. The minimum atomic E-state index is -0.0258. The summed E-state index contributed by atoms with van der Waals surface area (Å²) in [7, 11) is 0. The highest BCUT2D eigenvalue weighted by atomic mass is 16.1. The first-order valence-electron chi connectivity index (χ1n) is 8.15. The summed E-state index contributed by atoms with van der Waals surface area (Å²) in [6, 6.07) is 13.3. The van der Waals surface area contributed by atoms with Crippen molar-refractivity contribution >= 4 is 5.70 Å². The smallest absolute Gasteiger partial charge is 0.255 e. The van der Waals surface area contributed by atoms with Crippen LogP contribution in [0.5, 0.6) is 0 Å². The van der Waals surface area contributed by atoms with E-state index in [2.05, 4.69) is 18.2 Å². The lowest BCUT2D eigenvalue weighted by atomic mass is 9.73. The molecule has 0 N–H and O–H groups in total. The van der Waals surface area contributed by atoms with Gasteiger partial charge in [-0.05, 0) is 48.4 Å². The predicted molar refractivity (Wildman–Crippen MR) is 89.8 cm³/mol. The number of aromatic nitrogens is 1. The van der Waals surface area contributed by atoms with Crippen LogP contribution in [0.15, 0.2) is 53.5 Å². The molecular formula is C20H18N2O. The fourth-order valence-corrected chi connectivity index (χ4v) is 4.06. The SMILES string of the molecule is N#Cc1ccc2c(c1)C(n1ccccc1=O)=CC1(CCCC1)C2. The molecule has 4 rings (SSSR count). The van der Waals surface area contributed by atoms with E-state index in [-0.39, 0.29) is 11.0 Å². The monoisotopic (exact) mass is 302 g/mol. The summed E-state index contributed by atoms with van der Waals surface area (Å²) in [4.78, 5) is 12.3. The Balaban J connectivity index is 1.96. The predicted octanol–water partition coefficient (Wildman–Crippen LogP) is 3.73. The largest absolute Gasteiger partial charge is 0.284 e. The number of nitriles is 1. The molecule has 3 nitrogen and oxygen atoms in total. The molecule has 114 valence electrons. The lowest BCUT2D eigenvalue weighted by Crippen LogP contribution is -2.27. The summed E-state index contributed by atoms with van der Waals surface area (Å²) in [5.74, 6) is 0. The number of benzene rings is 1. The van der Waals surface area contributed by atoms with Gasteiger partial charge in [-0.2, -0.15) is 5.26 Å². The quantitative estimate of drug-likeness (QED) is 0.806. The zero-order valence-corrected chi connectivity index (χ0v) is 13.0. The van der Waals surface area contributed by atoms with Crippen molar-refractivity contribution < 1.29 is 0 Å². The molecule has 1 saturated carbocycles. The maximum atomic E-state index is 12.3. The first kappa shape index (κ1) is 14.0. The zero-order valence-electron chi connectivity index (χ0n) is 13.0. The van der Waals surface area contributed by atoms with Gasteiger partial charge in [-0.3, -0.25) is 9.36 Å². The van der Waals surface area contributed by atoms with Gasteiger partial charge in [0.2, 0.25) is 0 Å². The van der Waals surface area contributed by atoms with Crippen molar-refractivity contribution in [3.8, 4) is 6.07 Å². The van der Waals surface area contributed by atoms with Crippen molar-refractivity contribution in [2.45, 2.75) is 32.1 Å². The topological polar surface area (TPSA) is 45.8 Å². The van der Waals surface area contributed by atoms with Crippen LogP contribution < -0.4 is 5.56 Å². The Bertz CT molecular complexity index is 892. The van der Waals surface area contributed by atoms with E-state index in [0.717, 1.165) is 17.7 Å². The van der Waals surface area contributed by atoms with E-state index in [1.165, 1.54) is 31.2 Å². The van der Waals surface area contributed by atoms with Crippen molar-refractivity contribution in [3.63, 3.8) is 0 Å². The first-order chi connectivity index (χ1) is 11.2. The Morgan fingerprint density at radius 3 is 2.70 bits per heavy atom. The molecule has 1 aromatic carbocycles. The van der Waals surface area contributed by atoms with Gasteiger partial charge in [0.25, 0.3) is 5.56 Å². The van der Waals surface area contributed by atoms with Gasteiger partial charge in [0.15, 0.2) is 0 Å². The first-order valence-corrected chi connectivity index (χ1v) is 8.15. The molecule has 0 unspecified atom stereocenters. The minimum Gasteiger partial charge on any atom is -0.284 e. The van der Waals surface area contributed by atoms with Gasteiger partial charge in [-0.1, -0.05) is 31.1 Å². The molecule has 23 heavy (non-hydrogen) atoms. The van der Waals surface area contributed by atoms with E-state index in [1.807, 2.05) is 24.4 Å². The molecule has 0 bridgehead atoms. The Hall–Kier alpha value is -2.60. The normalized spacial score (nSPS) is 18.3. The van der Waals surface area contributed by atoms with Crippen LogP contribution in [0.2, 0.25) is 0 Å². The number of allylic oxidation sites excluding steroid dienone is 1. The standard InChI is InChI=1S/C20H18N2O/c21-14-15-6-7-16-12-20(8-2-3-9-20)13-18(17(16)11-15)22-10-4-1-5-19(22)23/h1,4-7,10-11,13H,2-3,8-9,12H2. The summed E-state index contributed by atoms with van der Waals surface area (Å²) in [6.45, 7) is 0. The number of nitrogens with zero attached hydrogens (tertiary/aromatic N) is 2. The third-order valence-corrected chi connectivity index (χ3v) is 5.18. The van der Waals surface area contributed by atoms with Gasteiger partial charge in [-0.15, -0.1) is 0 Å². The van der Waals surface area contributed by atoms with Crippen LogP contribution in [0, 0.1) is 16.7 Å². The molecule has 0 aliphatic heterocycles. The lowest BCUT2D eigenvalue weighted by molar-refractivity contribution is 0.388. The molecule has 1 aromatic heterocycles. The number of pyridine rings is 1. The van der Waals surface area contributed by atoms with Crippen molar-refractivity contribution in [1.29, 1.82) is 5.26 Å². The van der Waals surface area contributed by atoms with E-state index in [9.17, 15) is 10.1 Å². The number of rotatable bonds is 1. The molecular weight excluding hydrogens is 284 g/mol. The van der Waals surface area contributed by atoms with E-state index in [1.54, 1.807) is 16.7 Å². The number of hydrogen-bond acceptors (Lipinski definition) is 2. The van der Waals surface area contributed by atoms with Crippen LogP contribution in [0.3, 0.4) is 0 Å². The van der Waals surface area contributed by atoms with E-state index in [0.29, 0.717) is 5.56 Å². The third kappa shape index (κ3) is 2.31. The molecule has 0 amide bonds. The van der Waals surface area contributed by atoms with Crippen molar-refractivity contribution in [2.24, 2.45) is 5.41 Å². The fraction of sp³-hybridized carbons (Fsp3) is 0.300. The third-order valence-electron chi connectivity index (χ3n) is 5.18. The molecule has 1 fully saturated rings. The molecule has 2 aromatic rings. The number of fused-ring (bicyclic) bond motifs is 1. The second-order valence-corrected chi connectivity index (χ2v) is 6.67. The van der Waals surface area contributed by atoms with Gasteiger partial charge in [0.1, 0.15) is 0 Å². The fourth-order valence-electron chi connectivity index (χ4n) is 4.06. The van der Waals surface area contributed by atoms with Gasteiger partial charge < -0.3 is 0 Å². The van der Waals surface area contributed by atoms with Crippen LogP contribution in [-0.4, -0.2) is 4.57 Å². The van der Waals surface area contributed by atoms with E-state index < -0.39 is 0 Å². The molecule has 2 aliphatic rings. The zero-order chi connectivity index (χ0) is 15.9. The van der Waals surface area contributed by atoms with Gasteiger partial charge in [0, 0.05) is 17.8 Å². The maximum Gasteiger partial charge on any atom is 0.255 e. The maximum absolute atomic E-state index is 12.3. The Morgan fingerprint density at radius 2 is 1.96 bits per heavy atom. The second-order valence-electron chi connectivity index (χ2n) is 6.67. The molecule has 3 heteroatoms. The molecule has 2 aliphatic carbocycles. The van der Waals surface area contributed by atoms with Crippen molar-refractivity contribution in [2.75, 3.05) is 0 Å². The van der Waals surface area contributed by atoms with Crippen LogP contribution in [0.25, 0.3) is 5.70 Å². The lowest BCUT2D eigenvalue weighted by Gasteiger charge is -2.33. The average molecular weight is 302 g/mol. The Labute approximate surface area is 135 Å². The summed E-state index contributed by atoms with van der Waals surface area (Å²) in [5.41, 5.74) is 4.00. The average Bonchev–Trinajstić information content (AvgIpc) is 3.02. The Kier molecular flexibility index (Phi) is 3.20. The molecule has 1 spiro atoms. The van der Waals surface area contributed by atoms with Crippen molar-refractivity contribution in [1.82, 2.24) is 4.57 Å². The van der Waals surface area contributed by atoms with Gasteiger partial charge in [0.05, 0.1) is 17.3 Å². The highest BCUT2D eigenvalue weighted by Crippen LogP contribution is 2.47. The van der Waals surface area contributed by atoms with Crippen molar-refractivity contribution in [3.05, 3.63) is 75.7 Å². The molecule has 1 heterocycles. The highest BCUT2D eigenvalue weighted by Gasteiger charge is 2.36. The summed E-state index contributed by atoms with van der Waals surface area (Å²) in [5, 5.41) is 9.22. The molecule has 0 radical (unpaired) electrons.